The van der Waals surface area contributed by atoms with E-state index in [0.717, 1.165) is 32.8 Å². The predicted octanol–water partition coefficient (Wildman–Crippen LogP) is 4.00. The Bertz CT molecular complexity index is 1350. The summed E-state index contributed by atoms with van der Waals surface area (Å²) in [5.74, 6) is 2.48. The predicted molar refractivity (Wildman–Crippen MR) is 117 cm³/mol. The Kier molecular flexibility index (Phi) is 5.19. The second-order valence-electron chi connectivity index (χ2n) is 7.12. The number of hydrogen-bond donors (Lipinski definition) is 0. The van der Waals surface area contributed by atoms with Gasteiger partial charge in [-0.05, 0) is 29.7 Å². The molecular formula is C24H24NO6+. The number of esters is 1. The lowest BCUT2D eigenvalue weighted by molar-refractivity contribution is -0.524. The van der Waals surface area contributed by atoms with Gasteiger partial charge in [0.25, 0.3) is 0 Å². The van der Waals surface area contributed by atoms with Crippen LogP contribution in [0.15, 0.2) is 36.4 Å². The Balaban J connectivity index is 2.21. The second kappa shape index (κ2) is 7.83. The lowest BCUT2D eigenvalue weighted by atomic mass is 10.0. The molecule has 2 aromatic heterocycles. The molecule has 4 aromatic rings. The van der Waals surface area contributed by atoms with E-state index in [1.165, 1.54) is 6.92 Å². The molecule has 0 N–H and O–H groups in total. The molecule has 160 valence electrons. The van der Waals surface area contributed by atoms with Crippen molar-refractivity contribution in [2.24, 2.45) is 0 Å². The van der Waals surface area contributed by atoms with E-state index in [1.54, 1.807) is 28.4 Å². The molecule has 0 unspecified atom stereocenters. The van der Waals surface area contributed by atoms with Crippen LogP contribution in [0.25, 0.3) is 27.1 Å². The van der Waals surface area contributed by atoms with Crippen LogP contribution in [0.4, 0.5) is 0 Å². The molecule has 0 fully saturated rings. The van der Waals surface area contributed by atoms with Crippen LogP contribution in [0.5, 0.6) is 28.9 Å². The fourth-order valence-electron chi connectivity index (χ4n) is 3.98. The molecule has 0 amide bonds. The van der Waals surface area contributed by atoms with Crippen LogP contribution < -0.4 is 28.1 Å². The van der Waals surface area contributed by atoms with Crippen molar-refractivity contribution >= 4 is 33.0 Å². The highest BCUT2D eigenvalue weighted by Crippen LogP contribution is 2.38. The summed E-state index contributed by atoms with van der Waals surface area (Å²) in [6.45, 7) is 3.36. The first kappa shape index (κ1) is 20.5. The average molecular weight is 422 g/mol. The maximum atomic E-state index is 11.9. The van der Waals surface area contributed by atoms with Crippen LogP contribution in [0.1, 0.15) is 12.6 Å². The van der Waals surface area contributed by atoms with E-state index >= 15 is 0 Å². The Morgan fingerprint density at radius 2 is 1.19 bits per heavy atom. The van der Waals surface area contributed by atoms with Gasteiger partial charge < -0.3 is 23.7 Å². The molecule has 0 aliphatic rings. The summed E-state index contributed by atoms with van der Waals surface area (Å²) in [6, 6.07) is 11.5. The molecule has 7 heteroatoms. The normalized spacial score (nSPS) is 11.0. The standard InChI is InChI=1S/C24H24NO6/c1-13-17-11-22(29-5)20(27-3)8-15(17)7-19-18-12-23(30-6)21(28-4)9-16(18)10-24(25(13)19)31-14(2)26/h7-12H,1-6H3/q+1. The number of carbonyl (C=O) groups is 1. The molecule has 0 spiro atoms. The van der Waals surface area contributed by atoms with Gasteiger partial charge in [0.1, 0.15) is 0 Å². The smallest absolute Gasteiger partial charge is 0.382 e. The SMILES string of the molecule is COc1cc2cc3c4cc(OC)c(OC)cc4cc(OC(C)=O)[n+]3c(C)c2cc1OC. The highest BCUT2D eigenvalue weighted by Gasteiger charge is 2.25. The van der Waals surface area contributed by atoms with E-state index in [4.69, 9.17) is 23.7 Å². The lowest BCUT2D eigenvalue weighted by Crippen LogP contribution is -2.30. The van der Waals surface area contributed by atoms with Gasteiger partial charge in [-0.15, -0.1) is 4.40 Å². The number of benzene rings is 2. The number of hydrogen-bond acceptors (Lipinski definition) is 6. The Labute approximate surface area is 179 Å². The van der Waals surface area contributed by atoms with Gasteiger partial charge in [-0.3, -0.25) is 4.79 Å². The maximum Gasteiger partial charge on any atom is 0.382 e. The van der Waals surface area contributed by atoms with Gasteiger partial charge in [0.05, 0.1) is 45.3 Å². The van der Waals surface area contributed by atoms with Crippen molar-refractivity contribution in [2.75, 3.05) is 28.4 Å². The number of aryl methyl sites for hydroxylation is 1. The number of aromatic nitrogens is 1. The maximum absolute atomic E-state index is 11.9. The molecule has 31 heavy (non-hydrogen) atoms. The van der Waals surface area contributed by atoms with E-state index < -0.39 is 5.97 Å². The Morgan fingerprint density at radius 1 is 0.710 bits per heavy atom. The summed E-state index contributed by atoms with van der Waals surface area (Å²) in [5.41, 5.74) is 1.74. The van der Waals surface area contributed by atoms with Crippen molar-refractivity contribution in [1.82, 2.24) is 0 Å². The molecule has 0 radical (unpaired) electrons. The number of fused-ring (bicyclic) bond motifs is 4. The molecule has 0 saturated heterocycles. The van der Waals surface area contributed by atoms with Crippen molar-refractivity contribution in [3.8, 4) is 28.9 Å². The van der Waals surface area contributed by atoms with Crippen LogP contribution in [0.3, 0.4) is 0 Å². The number of rotatable bonds is 5. The van der Waals surface area contributed by atoms with Crippen molar-refractivity contribution in [3.05, 3.63) is 42.1 Å². The third-order valence-corrected chi connectivity index (χ3v) is 5.39. The van der Waals surface area contributed by atoms with Crippen LogP contribution in [-0.4, -0.2) is 34.4 Å². The van der Waals surface area contributed by atoms with Crippen LogP contribution in [0, 0.1) is 6.92 Å². The number of nitrogens with zero attached hydrogens (tertiary/aromatic N) is 1. The Morgan fingerprint density at radius 3 is 1.71 bits per heavy atom. The number of ether oxygens (including phenoxy) is 5. The third kappa shape index (κ3) is 3.32. The molecule has 4 rings (SSSR count). The first-order valence-corrected chi connectivity index (χ1v) is 9.70. The zero-order valence-electron chi connectivity index (χ0n) is 18.4. The molecule has 2 aromatic carbocycles. The van der Waals surface area contributed by atoms with Crippen molar-refractivity contribution < 1.29 is 32.9 Å². The largest absolute Gasteiger partial charge is 0.493 e. The minimum Gasteiger partial charge on any atom is -0.493 e. The first-order valence-electron chi connectivity index (χ1n) is 9.70. The van der Waals surface area contributed by atoms with Gasteiger partial charge in [-0.2, -0.15) is 0 Å². The number of carbonyl (C=O) groups excluding carboxylic acids is 1. The zero-order chi connectivity index (χ0) is 22.3. The molecule has 2 heterocycles. The van der Waals surface area contributed by atoms with Crippen molar-refractivity contribution in [1.29, 1.82) is 0 Å². The number of pyridine rings is 2. The summed E-state index contributed by atoms with van der Waals surface area (Å²) < 4.78 is 29.5. The molecule has 0 aliphatic heterocycles. The van der Waals surface area contributed by atoms with E-state index in [-0.39, 0.29) is 0 Å². The second-order valence-corrected chi connectivity index (χ2v) is 7.12. The minimum atomic E-state index is -0.402. The zero-order valence-corrected chi connectivity index (χ0v) is 18.4. The third-order valence-electron chi connectivity index (χ3n) is 5.39. The summed E-state index contributed by atoms with van der Waals surface area (Å²) in [5, 5.41) is 3.69. The van der Waals surface area contributed by atoms with Gasteiger partial charge in [-0.1, -0.05) is 0 Å². The highest BCUT2D eigenvalue weighted by molar-refractivity contribution is 6.00. The van der Waals surface area contributed by atoms with Crippen LogP contribution in [-0.2, 0) is 4.79 Å². The molecule has 0 saturated carbocycles. The summed E-state index contributed by atoms with van der Waals surface area (Å²) in [7, 11) is 6.40. The van der Waals surface area contributed by atoms with Crippen LogP contribution >= 0.6 is 0 Å². The van der Waals surface area contributed by atoms with Gasteiger partial charge in [0, 0.05) is 25.3 Å². The van der Waals surface area contributed by atoms with Gasteiger partial charge in [-0.25, -0.2) is 0 Å². The fourth-order valence-corrected chi connectivity index (χ4v) is 3.98. The fraction of sp³-hybridized carbons (Fsp3) is 0.250. The van der Waals surface area contributed by atoms with Gasteiger partial charge in [0.2, 0.25) is 5.52 Å². The Hall–Kier alpha value is -3.74. The van der Waals surface area contributed by atoms with Crippen molar-refractivity contribution in [3.63, 3.8) is 0 Å². The highest BCUT2D eigenvalue weighted by atomic mass is 16.5. The monoisotopic (exact) mass is 422 g/mol. The van der Waals surface area contributed by atoms with Crippen LogP contribution in [0.2, 0.25) is 0 Å². The molecule has 0 aliphatic carbocycles. The molecule has 7 nitrogen and oxygen atoms in total. The first-order chi connectivity index (χ1) is 14.9. The van der Waals surface area contributed by atoms with E-state index in [9.17, 15) is 4.79 Å². The van der Waals surface area contributed by atoms with E-state index in [1.807, 2.05) is 47.7 Å². The molecule has 0 atom stereocenters. The average Bonchev–Trinajstić information content (AvgIpc) is 2.76. The van der Waals surface area contributed by atoms with Gasteiger partial charge in [0.15, 0.2) is 28.7 Å². The van der Waals surface area contributed by atoms with E-state index in [2.05, 4.69) is 0 Å². The summed E-state index contributed by atoms with van der Waals surface area (Å²) >= 11 is 0. The minimum absolute atomic E-state index is 0.402. The lowest BCUT2D eigenvalue weighted by Gasteiger charge is -2.13. The van der Waals surface area contributed by atoms with Gasteiger partial charge >= 0.3 is 11.8 Å². The topological polar surface area (TPSA) is 67.3 Å². The van der Waals surface area contributed by atoms with E-state index in [0.29, 0.717) is 28.9 Å². The summed E-state index contributed by atoms with van der Waals surface area (Å²) in [4.78, 5) is 11.9. The summed E-state index contributed by atoms with van der Waals surface area (Å²) in [6.07, 6.45) is 0. The quantitative estimate of drug-likeness (QED) is 0.210. The van der Waals surface area contributed by atoms with Crippen molar-refractivity contribution in [2.45, 2.75) is 13.8 Å². The number of methoxy groups -OCH3 is 4. The molecular weight excluding hydrogens is 398 g/mol. The molecule has 0 bridgehead atoms.